The average Bonchev–Trinajstić information content (AvgIpc) is 3.00. The van der Waals surface area contributed by atoms with Crippen molar-refractivity contribution in [3.8, 4) is 5.75 Å². The molecule has 0 saturated carbocycles. The van der Waals surface area contributed by atoms with Crippen molar-refractivity contribution in [1.82, 2.24) is 10.2 Å². The minimum atomic E-state index is 0.0456. The third-order valence-corrected chi connectivity index (χ3v) is 4.41. The smallest absolute Gasteiger partial charge is 0.225 e. The van der Waals surface area contributed by atoms with E-state index < -0.39 is 0 Å². The van der Waals surface area contributed by atoms with E-state index in [1.165, 1.54) is 0 Å². The van der Waals surface area contributed by atoms with Crippen LogP contribution in [0, 0.1) is 0 Å². The number of carbonyl (C=O) groups is 1. The quantitative estimate of drug-likeness (QED) is 0.853. The lowest BCUT2D eigenvalue weighted by atomic mass is 10.0. The Labute approximate surface area is 135 Å². The van der Waals surface area contributed by atoms with Crippen molar-refractivity contribution < 1.29 is 9.53 Å². The van der Waals surface area contributed by atoms with E-state index in [-0.39, 0.29) is 11.9 Å². The molecule has 0 aliphatic rings. The van der Waals surface area contributed by atoms with Crippen molar-refractivity contribution >= 4 is 17.2 Å². The standard InChI is InChI=1S/C17H22N2O2S/c1-19(2)15(14-8-4-5-9-16(14)21-3)12-18-17(20)11-13-7-6-10-22-13/h4-10,15H,11-12H2,1-3H3,(H,18,20). The highest BCUT2D eigenvalue weighted by Gasteiger charge is 2.19. The van der Waals surface area contributed by atoms with Crippen molar-refractivity contribution in [2.24, 2.45) is 0 Å². The second kappa shape index (κ2) is 7.96. The second-order valence-corrected chi connectivity index (χ2v) is 6.31. The van der Waals surface area contributed by atoms with Gasteiger partial charge in [-0.15, -0.1) is 11.3 Å². The van der Waals surface area contributed by atoms with Gasteiger partial charge in [0.25, 0.3) is 0 Å². The number of ether oxygens (including phenoxy) is 1. The van der Waals surface area contributed by atoms with Crippen molar-refractivity contribution in [2.45, 2.75) is 12.5 Å². The van der Waals surface area contributed by atoms with E-state index in [0.29, 0.717) is 13.0 Å². The lowest BCUT2D eigenvalue weighted by Gasteiger charge is -2.26. The summed E-state index contributed by atoms with van der Waals surface area (Å²) in [5, 5.41) is 5.01. The van der Waals surface area contributed by atoms with Crippen LogP contribution >= 0.6 is 11.3 Å². The van der Waals surface area contributed by atoms with Gasteiger partial charge >= 0.3 is 0 Å². The van der Waals surface area contributed by atoms with Crippen LogP contribution in [-0.4, -0.2) is 38.6 Å². The first-order valence-electron chi connectivity index (χ1n) is 7.20. The molecule has 2 aromatic rings. The predicted molar refractivity (Wildman–Crippen MR) is 90.5 cm³/mol. The molecule has 2 rings (SSSR count). The van der Waals surface area contributed by atoms with Crippen molar-refractivity contribution in [3.05, 3.63) is 52.2 Å². The highest BCUT2D eigenvalue weighted by molar-refractivity contribution is 7.10. The van der Waals surface area contributed by atoms with Gasteiger partial charge in [-0.25, -0.2) is 0 Å². The molecule has 118 valence electrons. The number of amides is 1. The molecule has 0 aliphatic heterocycles. The summed E-state index contributed by atoms with van der Waals surface area (Å²) in [6.07, 6.45) is 0.434. The lowest BCUT2D eigenvalue weighted by Crippen LogP contribution is -2.35. The lowest BCUT2D eigenvalue weighted by molar-refractivity contribution is -0.120. The van der Waals surface area contributed by atoms with Gasteiger partial charge in [-0.1, -0.05) is 24.3 Å². The maximum absolute atomic E-state index is 12.1. The van der Waals surface area contributed by atoms with E-state index in [9.17, 15) is 4.79 Å². The van der Waals surface area contributed by atoms with Gasteiger partial charge in [-0.2, -0.15) is 0 Å². The number of carbonyl (C=O) groups excluding carboxylic acids is 1. The topological polar surface area (TPSA) is 41.6 Å². The third kappa shape index (κ3) is 4.32. The van der Waals surface area contributed by atoms with Crippen LogP contribution in [0.25, 0.3) is 0 Å². The molecule has 0 bridgehead atoms. The fourth-order valence-electron chi connectivity index (χ4n) is 2.36. The average molecular weight is 318 g/mol. The Morgan fingerprint density at radius 3 is 2.68 bits per heavy atom. The summed E-state index contributed by atoms with van der Waals surface area (Å²) >= 11 is 1.60. The van der Waals surface area contributed by atoms with Crippen LogP contribution in [0.1, 0.15) is 16.5 Å². The molecule has 4 nitrogen and oxygen atoms in total. The normalized spacial score (nSPS) is 12.2. The van der Waals surface area contributed by atoms with Gasteiger partial charge in [-0.3, -0.25) is 4.79 Å². The highest BCUT2D eigenvalue weighted by Crippen LogP contribution is 2.27. The Kier molecular flexibility index (Phi) is 5.98. The van der Waals surface area contributed by atoms with Crippen LogP contribution in [0.3, 0.4) is 0 Å². The summed E-state index contributed by atoms with van der Waals surface area (Å²) < 4.78 is 5.43. The van der Waals surface area contributed by atoms with Crippen molar-refractivity contribution in [1.29, 1.82) is 0 Å². The number of benzene rings is 1. The number of hydrogen-bond acceptors (Lipinski definition) is 4. The minimum Gasteiger partial charge on any atom is -0.496 e. The summed E-state index contributed by atoms with van der Waals surface area (Å²) in [7, 11) is 5.67. The van der Waals surface area contributed by atoms with Gasteiger partial charge in [-0.05, 0) is 31.6 Å². The van der Waals surface area contributed by atoms with Crippen molar-refractivity contribution in [2.75, 3.05) is 27.7 Å². The SMILES string of the molecule is COc1ccccc1C(CNC(=O)Cc1cccs1)N(C)C. The summed E-state index contributed by atoms with van der Waals surface area (Å²) in [6.45, 7) is 0.553. The first-order chi connectivity index (χ1) is 10.6. The summed E-state index contributed by atoms with van der Waals surface area (Å²) in [4.78, 5) is 15.2. The second-order valence-electron chi connectivity index (χ2n) is 5.28. The predicted octanol–water partition coefficient (Wildman–Crippen LogP) is 2.72. The Hall–Kier alpha value is -1.85. The van der Waals surface area contributed by atoms with E-state index in [0.717, 1.165) is 16.2 Å². The minimum absolute atomic E-state index is 0.0456. The zero-order valence-corrected chi connectivity index (χ0v) is 14.0. The van der Waals surface area contributed by atoms with Gasteiger partial charge in [0.15, 0.2) is 0 Å². The summed E-state index contributed by atoms with van der Waals surface area (Å²) in [5.41, 5.74) is 1.08. The van der Waals surface area contributed by atoms with Gasteiger partial charge in [0.05, 0.1) is 19.6 Å². The number of nitrogens with zero attached hydrogens (tertiary/aromatic N) is 1. The number of rotatable bonds is 7. The Balaban J connectivity index is 2.01. The molecule has 0 aliphatic carbocycles. The molecule has 5 heteroatoms. The highest BCUT2D eigenvalue weighted by atomic mass is 32.1. The van der Waals surface area contributed by atoms with Crippen LogP contribution in [0.4, 0.5) is 0 Å². The summed E-state index contributed by atoms with van der Waals surface area (Å²) in [5.74, 6) is 0.887. The molecular formula is C17H22N2O2S. The van der Waals surface area contributed by atoms with Crippen LogP contribution < -0.4 is 10.1 Å². The number of methoxy groups -OCH3 is 1. The molecule has 0 fully saturated rings. The number of hydrogen-bond donors (Lipinski definition) is 1. The van der Waals surface area contributed by atoms with E-state index in [1.54, 1.807) is 18.4 Å². The number of nitrogens with one attached hydrogen (secondary N) is 1. The monoisotopic (exact) mass is 318 g/mol. The van der Waals surface area contributed by atoms with Crippen molar-refractivity contribution in [3.63, 3.8) is 0 Å². The molecule has 1 amide bonds. The molecular weight excluding hydrogens is 296 g/mol. The van der Waals surface area contributed by atoms with Gasteiger partial charge in [0, 0.05) is 17.0 Å². The molecule has 22 heavy (non-hydrogen) atoms. The molecule has 0 saturated heterocycles. The zero-order chi connectivity index (χ0) is 15.9. The molecule has 1 heterocycles. The van der Waals surface area contributed by atoms with Gasteiger partial charge in [0.1, 0.15) is 5.75 Å². The third-order valence-electron chi connectivity index (χ3n) is 3.53. The van der Waals surface area contributed by atoms with Crippen LogP contribution in [0.2, 0.25) is 0 Å². The maximum atomic E-state index is 12.1. The van der Waals surface area contributed by atoms with E-state index in [1.807, 2.05) is 55.9 Å². The van der Waals surface area contributed by atoms with E-state index in [2.05, 4.69) is 10.2 Å². The van der Waals surface area contributed by atoms with Crippen LogP contribution in [0.5, 0.6) is 5.75 Å². The fourth-order valence-corrected chi connectivity index (χ4v) is 3.06. The first kappa shape index (κ1) is 16.5. The van der Waals surface area contributed by atoms with E-state index in [4.69, 9.17) is 4.74 Å². The Bertz CT molecular complexity index is 596. The summed E-state index contributed by atoms with van der Waals surface area (Å²) in [6, 6.07) is 11.9. The number of likely N-dealkylation sites (N-methyl/N-ethyl adjacent to an activating group) is 1. The molecule has 1 unspecified atom stereocenters. The molecule has 0 spiro atoms. The Morgan fingerprint density at radius 2 is 2.05 bits per heavy atom. The number of para-hydroxylation sites is 1. The molecule has 1 aromatic heterocycles. The molecule has 0 radical (unpaired) electrons. The van der Waals surface area contributed by atoms with Crippen LogP contribution in [0.15, 0.2) is 41.8 Å². The maximum Gasteiger partial charge on any atom is 0.225 e. The Morgan fingerprint density at radius 1 is 1.27 bits per heavy atom. The zero-order valence-electron chi connectivity index (χ0n) is 13.2. The fraction of sp³-hybridized carbons (Fsp3) is 0.353. The molecule has 1 N–H and O–H groups in total. The van der Waals surface area contributed by atoms with E-state index >= 15 is 0 Å². The first-order valence-corrected chi connectivity index (χ1v) is 8.08. The van der Waals surface area contributed by atoms with Gasteiger partial charge in [0.2, 0.25) is 5.91 Å². The van der Waals surface area contributed by atoms with Gasteiger partial charge < -0.3 is 15.0 Å². The largest absolute Gasteiger partial charge is 0.496 e. The number of thiophene rings is 1. The molecule has 1 aromatic carbocycles. The molecule has 1 atom stereocenters. The van der Waals surface area contributed by atoms with Crippen LogP contribution in [-0.2, 0) is 11.2 Å².